The summed E-state index contributed by atoms with van der Waals surface area (Å²) >= 11 is 0. The normalized spacial score (nSPS) is 16.1. The minimum Gasteiger partial charge on any atom is -0.459 e. The van der Waals surface area contributed by atoms with E-state index in [4.69, 9.17) is 4.74 Å². The highest BCUT2D eigenvalue weighted by Gasteiger charge is 2.44. The third-order valence-corrected chi connectivity index (χ3v) is 3.99. The van der Waals surface area contributed by atoms with Gasteiger partial charge in [0.25, 0.3) is 11.5 Å². The Morgan fingerprint density at radius 3 is 2.36 bits per heavy atom. The summed E-state index contributed by atoms with van der Waals surface area (Å²) in [5.41, 5.74) is -1.78. The fourth-order valence-electron chi connectivity index (χ4n) is 2.37. The molecule has 1 aromatic rings. The Morgan fingerprint density at radius 2 is 1.80 bits per heavy atom. The van der Waals surface area contributed by atoms with Gasteiger partial charge in [-0.3, -0.25) is 28.4 Å². The summed E-state index contributed by atoms with van der Waals surface area (Å²) in [6.45, 7) is 2.78. The minimum atomic E-state index is -0.997. The van der Waals surface area contributed by atoms with Gasteiger partial charge in [0, 0.05) is 26.7 Å². The average Bonchev–Trinajstić information content (AvgIpc) is 2.73. The molecule has 136 valence electrons. The molecule has 2 heterocycles. The maximum Gasteiger partial charge on any atom is 0.330 e. The quantitative estimate of drug-likeness (QED) is 0.528. The first-order valence-corrected chi connectivity index (χ1v) is 7.60. The van der Waals surface area contributed by atoms with Gasteiger partial charge in [-0.1, -0.05) is 0 Å². The molecule has 3 amide bonds. The van der Waals surface area contributed by atoms with Gasteiger partial charge in [0.1, 0.15) is 12.1 Å². The number of carbonyl (C=O) groups excluding carboxylic acids is 3. The van der Waals surface area contributed by atoms with Crippen LogP contribution in [-0.2, 0) is 35.0 Å². The molecular formula is C15H20N4O6. The molecule has 0 atom stereocenters. The van der Waals surface area contributed by atoms with Gasteiger partial charge in [0.2, 0.25) is 0 Å². The van der Waals surface area contributed by atoms with Crippen LogP contribution in [0.25, 0.3) is 0 Å². The molecule has 2 rings (SSSR count). The molecule has 0 saturated carbocycles. The number of rotatable bonds is 5. The topological polar surface area (TPSA) is 120 Å². The first-order chi connectivity index (χ1) is 11.5. The fraction of sp³-hybridized carbons (Fsp3) is 0.533. The number of nitrogens with one attached hydrogen (secondary N) is 1. The molecule has 0 aromatic carbocycles. The lowest BCUT2D eigenvalue weighted by Crippen LogP contribution is -2.40. The summed E-state index contributed by atoms with van der Waals surface area (Å²) in [5, 5.41) is 2.51. The van der Waals surface area contributed by atoms with Crippen molar-refractivity contribution in [1.82, 2.24) is 19.4 Å². The second kappa shape index (κ2) is 6.54. The lowest BCUT2D eigenvalue weighted by atomic mass is 10.1. The van der Waals surface area contributed by atoms with E-state index in [1.807, 2.05) is 0 Å². The SMILES string of the molecule is Cn1c(COC(=O)CCN2C(=O)NC(C)(C)C2=O)cc(=O)n(C)c1=O. The van der Waals surface area contributed by atoms with Gasteiger partial charge in [-0.05, 0) is 13.8 Å². The molecule has 1 saturated heterocycles. The molecule has 1 aliphatic heterocycles. The summed E-state index contributed by atoms with van der Waals surface area (Å²) in [7, 11) is 2.81. The second-order valence-corrected chi connectivity index (χ2v) is 6.30. The van der Waals surface area contributed by atoms with Crippen molar-refractivity contribution in [3.8, 4) is 0 Å². The number of nitrogens with zero attached hydrogens (tertiary/aromatic N) is 3. The highest BCUT2D eigenvalue weighted by Crippen LogP contribution is 2.16. The first kappa shape index (κ1) is 18.4. The van der Waals surface area contributed by atoms with E-state index in [0.29, 0.717) is 0 Å². The molecule has 1 fully saturated rings. The van der Waals surface area contributed by atoms with E-state index >= 15 is 0 Å². The van der Waals surface area contributed by atoms with Gasteiger partial charge in [-0.2, -0.15) is 0 Å². The Morgan fingerprint density at radius 1 is 1.16 bits per heavy atom. The maximum atomic E-state index is 12.0. The molecular weight excluding hydrogens is 332 g/mol. The van der Waals surface area contributed by atoms with Crippen LogP contribution in [0, 0.1) is 0 Å². The zero-order valence-electron chi connectivity index (χ0n) is 14.5. The number of urea groups is 1. The summed E-state index contributed by atoms with van der Waals surface area (Å²) in [6.07, 6.45) is -0.186. The third kappa shape index (κ3) is 3.62. The van der Waals surface area contributed by atoms with Crippen LogP contribution in [0.4, 0.5) is 4.79 Å². The van der Waals surface area contributed by atoms with Crippen LogP contribution < -0.4 is 16.6 Å². The molecule has 0 unspecified atom stereocenters. The number of imide groups is 1. The van der Waals surface area contributed by atoms with Crippen LogP contribution >= 0.6 is 0 Å². The van der Waals surface area contributed by atoms with E-state index in [-0.39, 0.29) is 25.3 Å². The van der Waals surface area contributed by atoms with Crippen molar-refractivity contribution in [2.45, 2.75) is 32.4 Å². The highest BCUT2D eigenvalue weighted by molar-refractivity contribution is 6.06. The van der Waals surface area contributed by atoms with Crippen molar-refractivity contribution >= 4 is 17.9 Å². The average molecular weight is 352 g/mol. The van der Waals surface area contributed by atoms with Crippen LogP contribution in [0.5, 0.6) is 0 Å². The molecule has 1 aromatic heterocycles. The monoisotopic (exact) mass is 352 g/mol. The van der Waals surface area contributed by atoms with E-state index in [1.54, 1.807) is 13.8 Å². The molecule has 0 aliphatic carbocycles. The summed E-state index contributed by atoms with van der Waals surface area (Å²) in [6, 6.07) is 0.644. The van der Waals surface area contributed by atoms with Crippen molar-refractivity contribution in [3.63, 3.8) is 0 Å². The largest absolute Gasteiger partial charge is 0.459 e. The number of hydrogen-bond acceptors (Lipinski definition) is 6. The molecule has 10 nitrogen and oxygen atoms in total. The third-order valence-electron chi connectivity index (χ3n) is 3.99. The number of esters is 1. The van der Waals surface area contributed by atoms with Gasteiger partial charge < -0.3 is 10.1 Å². The molecule has 0 spiro atoms. The number of hydrogen-bond donors (Lipinski definition) is 1. The number of ether oxygens (including phenoxy) is 1. The predicted molar refractivity (Wildman–Crippen MR) is 85.7 cm³/mol. The van der Waals surface area contributed by atoms with Crippen molar-refractivity contribution in [2.24, 2.45) is 14.1 Å². The lowest BCUT2D eigenvalue weighted by Gasteiger charge is -2.15. The van der Waals surface area contributed by atoms with Crippen LogP contribution in [0.1, 0.15) is 26.0 Å². The summed E-state index contributed by atoms with van der Waals surface area (Å²) in [4.78, 5) is 59.9. The van der Waals surface area contributed by atoms with E-state index < -0.39 is 34.7 Å². The van der Waals surface area contributed by atoms with E-state index in [2.05, 4.69) is 5.32 Å². The van der Waals surface area contributed by atoms with Crippen molar-refractivity contribution < 1.29 is 19.1 Å². The predicted octanol–water partition coefficient (Wildman–Crippen LogP) is -1.15. The number of carbonyl (C=O) groups is 3. The highest BCUT2D eigenvalue weighted by atomic mass is 16.5. The zero-order chi connectivity index (χ0) is 18.9. The molecule has 25 heavy (non-hydrogen) atoms. The van der Waals surface area contributed by atoms with Crippen molar-refractivity contribution in [2.75, 3.05) is 6.54 Å². The Balaban J connectivity index is 1.94. The van der Waals surface area contributed by atoms with Crippen LogP contribution in [0.15, 0.2) is 15.7 Å². The second-order valence-electron chi connectivity index (χ2n) is 6.30. The Labute approximate surface area is 143 Å². The number of aromatic nitrogens is 2. The van der Waals surface area contributed by atoms with Gasteiger partial charge >= 0.3 is 17.7 Å². The zero-order valence-corrected chi connectivity index (χ0v) is 14.5. The standard InChI is InChI=1S/C15H20N4O6/c1-15(2)12(22)19(13(23)16-15)6-5-11(21)25-8-9-7-10(20)18(4)14(24)17(9)3/h7H,5-6,8H2,1-4H3,(H,16,23). The molecule has 1 aliphatic rings. The van der Waals surface area contributed by atoms with E-state index in [9.17, 15) is 24.0 Å². The molecule has 0 bridgehead atoms. The van der Waals surface area contributed by atoms with E-state index in [1.165, 1.54) is 24.7 Å². The maximum absolute atomic E-state index is 12.0. The van der Waals surface area contributed by atoms with Gasteiger partial charge in [-0.25, -0.2) is 9.59 Å². The summed E-state index contributed by atoms with van der Waals surface area (Å²) < 4.78 is 7.16. The minimum absolute atomic E-state index is 0.109. The smallest absolute Gasteiger partial charge is 0.330 e. The van der Waals surface area contributed by atoms with Crippen LogP contribution in [0.2, 0.25) is 0 Å². The molecule has 10 heteroatoms. The lowest BCUT2D eigenvalue weighted by molar-refractivity contribution is -0.145. The van der Waals surface area contributed by atoms with Crippen molar-refractivity contribution in [1.29, 1.82) is 0 Å². The Kier molecular flexibility index (Phi) is 4.82. The molecule has 1 N–H and O–H groups in total. The fourth-order valence-corrected chi connectivity index (χ4v) is 2.37. The van der Waals surface area contributed by atoms with E-state index in [0.717, 1.165) is 9.47 Å². The van der Waals surface area contributed by atoms with Gasteiger partial charge in [0.15, 0.2) is 0 Å². The molecule has 0 radical (unpaired) electrons. The first-order valence-electron chi connectivity index (χ1n) is 7.60. The van der Waals surface area contributed by atoms with Crippen molar-refractivity contribution in [3.05, 3.63) is 32.6 Å². The number of amides is 3. The van der Waals surface area contributed by atoms with Crippen LogP contribution in [0.3, 0.4) is 0 Å². The van der Waals surface area contributed by atoms with Gasteiger partial charge in [-0.15, -0.1) is 0 Å². The van der Waals surface area contributed by atoms with Gasteiger partial charge in [0.05, 0.1) is 12.1 Å². The van der Waals surface area contributed by atoms with Crippen LogP contribution in [-0.4, -0.2) is 44.0 Å². The Bertz CT molecular complexity index is 851. The Hall–Kier alpha value is -2.91. The summed E-state index contributed by atoms with van der Waals surface area (Å²) in [5.74, 6) is -1.07.